The quantitative estimate of drug-likeness (QED) is 0.783. The highest BCUT2D eigenvalue weighted by molar-refractivity contribution is 5.83. The second-order valence-electron chi connectivity index (χ2n) is 6.78. The first-order valence-electron chi connectivity index (χ1n) is 8.82. The molecule has 0 radical (unpaired) electrons. The number of fused-ring (bicyclic) bond motifs is 1. The zero-order chi connectivity index (χ0) is 18.3. The summed E-state index contributed by atoms with van der Waals surface area (Å²) in [4.78, 5) is 31.5. The molecule has 1 aromatic carbocycles. The lowest BCUT2D eigenvalue weighted by Gasteiger charge is -2.24. The molecule has 0 spiro atoms. The molecule has 7 heteroatoms. The summed E-state index contributed by atoms with van der Waals surface area (Å²) in [6.45, 7) is 4.62. The van der Waals surface area contributed by atoms with Crippen molar-refractivity contribution in [2.24, 2.45) is 0 Å². The van der Waals surface area contributed by atoms with Crippen molar-refractivity contribution >= 4 is 16.8 Å². The summed E-state index contributed by atoms with van der Waals surface area (Å²) in [6, 6.07) is 8.92. The van der Waals surface area contributed by atoms with Crippen LogP contribution in [0.1, 0.15) is 36.2 Å². The molecule has 4 rings (SSSR count). The first-order valence-corrected chi connectivity index (χ1v) is 8.82. The molecular weight excluding hydrogens is 330 g/mol. The number of aromatic nitrogens is 4. The maximum absolute atomic E-state index is 13.0. The highest BCUT2D eigenvalue weighted by atomic mass is 16.2. The van der Waals surface area contributed by atoms with Crippen LogP contribution in [0.25, 0.3) is 10.9 Å². The Bertz CT molecular complexity index is 1040. The number of likely N-dealkylation sites (tertiary alicyclic amines) is 1. The van der Waals surface area contributed by atoms with Crippen LogP contribution in [0.2, 0.25) is 0 Å². The Hall–Kier alpha value is -2.96. The highest BCUT2D eigenvalue weighted by Crippen LogP contribution is 2.30. The molecule has 1 N–H and O–H groups in total. The van der Waals surface area contributed by atoms with Crippen molar-refractivity contribution in [3.63, 3.8) is 0 Å². The van der Waals surface area contributed by atoms with E-state index in [-0.39, 0.29) is 23.9 Å². The second kappa shape index (κ2) is 6.40. The molecule has 1 aliphatic heterocycles. The molecule has 26 heavy (non-hydrogen) atoms. The third-order valence-electron chi connectivity index (χ3n) is 5.01. The van der Waals surface area contributed by atoms with Crippen molar-refractivity contribution in [1.82, 2.24) is 24.6 Å². The van der Waals surface area contributed by atoms with Crippen molar-refractivity contribution in [3.05, 3.63) is 57.9 Å². The van der Waals surface area contributed by atoms with Crippen LogP contribution >= 0.6 is 0 Å². The molecular formula is C19H21N5O2. The monoisotopic (exact) mass is 351 g/mol. The van der Waals surface area contributed by atoms with Gasteiger partial charge in [0.15, 0.2) is 11.3 Å². The van der Waals surface area contributed by atoms with E-state index >= 15 is 0 Å². The number of hydrogen-bond acceptors (Lipinski definition) is 4. The summed E-state index contributed by atoms with van der Waals surface area (Å²) in [6.07, 6.45) is 1.81. The van der Waals surface area contributed by atoms with Gasteiger partial charge in [-0.1, -0.05) is 12.1 Å². The maximum Gasteiger partial charge on any atom is 0.243 e. The number of amides is 1. The van der Waals surface area contributed by atoms with Gasteiger partial charge in [-0.05, 0) is 38.8 Å². The van der Waals surface area contributed by atoms with E-state index < -0.39 is 0 Å². The normalized spacial score (nSPS) is 17.2. The van der Waals surface area contributed by atoms with Gasteiger partial charge in [0.1, 0.15) is 12.4 Å². The van der Waals surface area contributed by atoms with E-state index in [1.54, 1.807) is 12.1 Å². The van der Waals surface area contributed by atoms with Crippen molar-refractivity contribution < 1.29 is 4.79 Å². The average molecular weight is 351 g/mol. The molecule has 7 nitrogen and oxygen atoms in total. The molecule has 3 aromatic rings. The molecule has 1 aliphatic rings. The molecule has 0 bridgehead atoms. The third-order valence-corrected chi connectivity index (χ3v) is 5.01. The number of carbonyl (C=O) groups is 1. The van der Waals surface area contributed by atoms with E-state index in [2.05, 4.69) is 15.2 Å². The number of aromatic amines is 1. The number of nitrogens with one attached hydrogen (secondary N) is 1. The van der Waals surface area contributed by atoms with Gasteiger partial charge in [-0.2, -0.15) is 5.10 Å². The smallest absolute Gasteiger partial charge is 0.243 e. The van der Waals surface area contributed by atoms with Crippen molar-refractivity contribution in [3.8, 4) is 0 Å². The van der Waals surface area contributed by atoms with Gasteiger partial charge in [0.05, 0.1) is 11.6 Å². The first-order chi connectivity index (χ1) is 12.5. The minimum absolute atomic E-state index is 0.0166. The fraction of sp³-hybridized carbons (Fsp3) is 0.368. The zero-order valence-corrected chi connectivity index (χ0v) is 14.9. The SMILES string of the molecule is Cc1nc(C2CCCN2C(=O)Cn2c(C)cc(=O)c3ccccc32)n[nH]1. The summed E-state index contributed by atoms with van der Waals surface area (Å²) >= 11 is 0. The predicted molar refractivity (Wildman–Crippen MR) is 97.8 cm³/mol. The summed E-state index contributed by atoms with van der Waals surface area (Å²) in [5.41, 5.74) is 1.55. The van der Waals surface area contributed by atoms with Crippen LogP contribution in [-0.4, -0.2) is 37.1 Å². The van der Waals surface area contributed by atoms with Crippen LogP contribution < -0.4 is 5.43 Å². The third kappa shape index (κ3) is 2.79. The summed E-state index contributed by atoms with van der Waals surface area (Å²) in [5, 5.41) is 7.73. The molecule has 1 fully saturated rings. The number of aryl methyl sites for hydroxylation is 2. The Kier molecular flexibility index (Phi) is 4.06. The van der Waals surface area contributed by atoms with E-state index in [4.69, 9.17) is 0 Å². The minimum atomic E-state index is -0.0848. The minimum Gasteiger partial charge on any atom is -0.335 e. The van der Waals surface area contributed by atoms with Crippen LogP contribution in [0.4, 0.5) is 0 Å². The number of carbonyl (C=O) groups excluding carboxylic acids is 1. The number of pyridine rings is 1. The van der Waals surface area contributed by atoms with Crippen LogP contribution in [0.15, 0.2) is 35.1 Å². The van der Waals surface area contributed by atoms with Gasteiger partial charge in [0, 0.05) is 23.7 Å². The lowest BCUT2D eigenvalue weighted by Crippen LogP contribution is -2.34. The Balaban J connectivity index is 1.66. The highest BCUT2D eigenvalue weighted by Gasteiger charge is 2.32. The molecule has 0 aliphatic carbocycles. The van der Waals surface area contributed by atoms with Gasteiger partial charge < -0.3 is 9.47 Å². The zero-order valence-electron chi connectivity index (χ0n) is 14.9. The molecule has 1 saturated heterocycles. The Labute approximate surface area is 150 Å². The fourth-order valence-electron chi connectivity index (χ4n) is 3.73. The van der Waals surface area contributed by atoms with E-state index in [0.717, 1.165) is 29.9 Å². The Morgan fingerprint density at radius 1 is 1.31 bits per heavy atom. The number of hydrogen-bond donors (Lipinski definition) is 1. The van der Waals surface area contributed by atoms with E-state index in [9.17, 15) is 9.59 Å². The predicted octanol–water partition coefficient (Wildman–Crippen LogP) is 2.10. The van der Waals surface area contributed by atoms with Gasteiger partial charge in [0.25, 0.3) is 0 Å². The molecule has 134 valence electrons. The van der Waals surface area contributed by atoms with Gasteiger partial charge >= 0.3 is 0 Å². The van der Waals surface area contributed by atoms with E-state index in [1.165, 1.54) is 0 Å². The standard InChI is InChI=1S/C19H21N5O2/c1-12-10-17(25)14-6-3-4-7-15(14)24(12)11-18(26)23-9-5-8-16(23)19-20-13(2)21-22-19/h3-4,6-7,10,16H,5,8-9,11H2,1-2H3,(H,20,21,22). The fourth-order valence-corrected chi connectivity index (χ4v) is 3.73. The summed E-state index contributed by atoms with van der Waals surface area (Å²) in [5.74, 6) is 1.45. The maximum atomic E-state index is 13.0. The lowest BCUT2D eigenvalue weighted by atomic mass is 10.1. The molecule has 3 heterocycles. The number of benzene rings is 1. The molecule has 1 atom stereocenters. The van der Waals surface area contributed by atoms with E-state index in [0.29, 0.717) is 17.8 Å². The largest absolute Gasteiger partial charge is 0.335 e. The van der Waals surface area contributed by atoms with Crippen LogP contribution in [0.3, 0.4) is 0 Å². The number of nitrogens with zero attached hydrogens (tertiary/aromatic N) is 4. The van der Waals surface area contributed by atoms with Crippen molar-refractivity contribution in [2.45, 2.75) is 39.3 Å². The van der Waals surface area contributed by atoms with Crippen LogP contribution in [0, 0.1) is 13.8 Å². The number of rotatable bonds is 3. The van der Waals surface area contributed by atoms with Gasteiger partial charge in [-0.15, -0.1) is 0 Å². The molecule has 1 amide bonds. The molecule has 0 saturated carbocycles. The lowest BCUT2D eigenvalue weighted by molar-refractivity contribution is -0.132. The summed E-state index contributed by atoms with van der Waals surface area (Å²) < 4.78 is 1.91. The van der Waals surface area contributed by atoms with Gasteiger partial charge in [-0.25, -0.2) is 4.98 Å². The van der Waals surface area contributed by atoms with Gasteiger partial charge in [0.2, 0.25) is 5.91 Å². The summed E-state index contributed by atoms with van der Waals surface area (Å²) in [7, 11) is 0. The number of H-pyrrole nitrogens is 1. The first kappa shape index (κ1) is 16.5. The molecule has 1 unspecified atom stereocenters. The topological polar surface area (TPSA) is 83.9 Å². The average Bonchev–Trinajstić information content (AvgIpc) is 3.27. The number of para-hydroxylation sites is 1. The Morgan fingerprint density at radius 3 is 2.88 bits per heavy atom. The van der Waals surface area contributed by atoms with Gasteiger partial charge in [-0.3, -0.25) is 14.7 Å². The van der Waals surface area contributed by atoms with Crippen molar-refractivity contribution in [1.29, 1.82) is 0 Å². The molecule has 2 aromatic heterocycles. The van der Waals surface area contributed by atoms with Crippen LogP contribution in [0.5, 0.6) is 0 Å². The second-order valence-corrected chi connectivity index (χ2v) is 6.78. The van der Waals surface area contributed by atoms with Crippen molar-refractivity contribution in [2.75, 3.05) is 6.54 Å². The van der Waals surface area contributed by atoms with Crippen LogP contribution in [-0.2, 0) is 11.3 Å². The Morgan fingerprint density at radius 2 is 2.12 bits per heavy atom. The van der Waals surface area contributed by atoms with E-state index in [1.807, 2.05) is 41.5 Å².